The fraction of sp³-hybridized carbons (Fsp3) is 0.296. The number of amides is 4. The second-order valence-corrected chi connectivity index (χ2v) is 9.26. The standard InChI is InChI=1S/C27H29N3O5/c1-15-10-22-19(16(2)14-27(3,4)29(22)5)11-17(15)12-20-24(31)28-26(33)30(25(20)32)21-9-8-18(34-6)13-23(21)35-7/h8-14H,1-7H3,(H,28,31,33)/b20-12+. The van der Waals surface area contributed by atoms with Crippen molar-refractivity contribution in [1.82, 2.24) is 5.32 Å². The predicted octanol–water partition coefficient (Wildman–Crippen LogP) is 4.31. The van der Waals surface area contributed by atoms with Crippen LogP contribution in [0.5, 0.6) is 11.5 Å². The Labute approximate surface area is 204 Å². The maximum Gasteiger partial charge on any atom is 0.336 e. The van der Waals surface area contributed by atoms with Gasteiger partial charge in [-0.2, -0.15) is 0 Å². The van der Waals surface area contributed by atoms with E-state index in [4.69, 9.17) is 9.47 Å². The molecule has 2 aliphatic rings. The Morgan fingerprint density at radius 1 is 0.971 bits per heavy atom. The first-order chi connectivity index (χ1) is 16.5. The molecular formula is C27H29N3O5. The Balaban J connectivity index is 1.80. The summed E-state index contributed by atoms with van der Waals surface area (Å²) in [5, 5.41) is 2.27. The number of benzene rings is 2. The number of nitrogens with zero attached hydrogens (tertiary/aromatic N) is 2. The van der Waals surface area contributed by atoms with Gasteiger partial charge in [0.1, 0.15) is 17.1 Å². The minimum atomic E-state index is -0.842. The van der Waals surface area contributed by atoms with Crippen LogP contribution in [-0.2, 0) is 9.59 Å². The molecule has 8 nitrogen and oxygen atoms in total. The Kier molecular flexibility index (Phi) is 5.92. The number of aryl methyl sites for hydroxylation is 1. The van der Waals surface area contributed by atoms with Crippen molar-refractivity contribution in [2.24, 2.45) is 0 Å². The molecule has 0 aromatic heterocycles. The number of carbonyl (C=O) groups excluding carboxylic acids is 3. The van der Waals surface area contributed by atoms with Crippen molar-refractivity contribution in [2.75, 3.05) is 31.1 Å². The van der Waals surface area contributed by atoms with E-state index >= 15 is 0 Å². The van der Waals surface area contributed by atoms with Crippen molar-refractivity contribution < 1.29 is 23.9 Å². The van der Waals surface area contributed by atoms with E-state index in [0.717, 1.165) is 32.9 Å². The molecule has 182 valence electrons. The van der Waals surface area contributed by atoms with Crippen LogP contribution in [0.15, 0.2) is 42.0 Å². The average Bonchev–Trinajstić information content (AvgIpc) is 2.80. The summed E-state index contributed by atoms with van der Waals surface area (Å²) in [7, 11) is 4.98. The van der Waals surface area contributed by atoms with Gasteiger partial charge in [0.05, 0.1) is 25.4 Å². The number of carbonyl (C=O) groups is 3. The fourth-order valence-corrected chi connectivity index (χ4v) is 4.47. The number of urea groups is 1. The van der Waals surface area contributed by atoms with Crippen LogP contribution in [0.4, 0.5) is 16.2 Å². The number of hydrogen-bond acceptors (Lipinski definition) is 6. The van der Waals surface area contributed by atoms with Gasteiger partial charge in [0, 0.05) is 24.4 Å². The van der Waals surface area contributed by atoms with E-state index in [0.29, 0.717) is 5.75 Å². The molecule has 1 N–H and O–H groups in total. The molecule has 2 aromatic carbocycles. The molecule has 1 fully saturated rings. The van der Waals surface area contributed by atoms with E-state index in [1.54, 1.807) is 18.2 Å². The number of nitrogens with one attached hydrogen (secondary N) is 1. The topological polar surface area (TPSA) is 88.2 Å². The maximum atomic E-state index is 13.4. The van der Waals surface area contributed by atoms with Gasteiger partial charge >= 0.3 is 6.03 Å². The monoisotopic (exact) mass is 475 g/mol. The number of barbiturate groups is 1. The van der Waals surface area contributed by atoms with Gasteiger partial charge in [0.25, 0.3) is 11.8 Å². The van der Waals surface area contributed by atoms with Gasteiger partial charge in [-0.05, 0) is 74.7 Å². The number of imide groups is 2. The van der Waals surface area contributed by atoms with Crippen LogP contribution in [-0.4, -0.2) is 44.7 Å². The molecule has 8 heteroatoms. The van der Waals surface area contributed by atoms with Crippen LogP contribution >= 0.6 is 0 Å². The summed E-state index contributed by atoms with van der Waals surface area (Å²) in [4.78, 5) is 42.0. The number of hydrogen-bond donors (Lipinski definition) is 1. The fourth-order valence-electron chi connectivity index (χ4n) is 4.47. The maximum absolute atomic E-state index is 13.4. The van der Waals surface area contributed by atoms with Gasteiger partial charge in [0.15, 0.2) is 0 Å². The van der Waals surface area contributed by atoms with Crippen LogP contribution in [0.1, 0.15) is 37.5 Å². The molecule has 4 amide bonds. The molecule has 2 aliphatic heterocycles. The Morgan fingerprint density at radius 3 is 2.34 bits per heavy atom. The number of rotatable bonds is 4. The third kappa shape index (κ3) is 4.05. The summed E-state index contributed by atoms with van der Waals surface area (Å²) < 4.78 is 10.6. The minimum absolute atomic E-state index is 0.138. The van der Waals surface area contributed by atoms with Gasteiger partial charge in [-0.25, -0.2) is 9.69 Å². The summed E-state index contributed by atoms with van der Waals surface area (Å²) in [6.45, 7) is 8.28. The molecule has 0 spiro atoms. The van der Waals surface area contributed by atoms with E-state index < -0.39 is 17.8 Å². The Bertz CT molecular complexity index is 1320. The van der Waals surface area contributed by atoms with Gasteiger partial charge < -0.3 is 14.4 Å². The number of methoxy groups -OCH3 is 2. The molecule has 1 saturated heterocycles. The number of likely N-dealkylation sites (N-methyl/N-ethyl adjacent to an activating group) is 1. The van der Waals surface area contributed by atoms with Gasteiger partial charge in [0.2, 0.25) is 0 Å². The van der Waals surface area contributed by atoms with Gasteiger partial charge in [-0.15, -0.1) is 0 Å². The van der Waals surface area contributed by atoms with Crippen molar-refractivity contribution in [3.63, 3.8) is 0 Å². The number of fused-ring (bicyclic) bond motifs is 1. The van der Waals surface area contributed by atoms with Crippen LogP contribution in [0, 0.1) is 6.92 Å². The summed E-state index contributed by atoms with van der Waals surface area (Å²) in [6.07, 6.45) is 3.73. The second kappa shape index (κ2) is 8.61. The zero-order valence-electron chi connectivity index (χ0n) is 21.0. The van der Waals surface area contributed by atoms with E-state index in [1.165, 1.54) is 20.3 Å². The van der Waals surface area contributed by atoms with E-state index in [-0.39, 0.29) is 22.5 Å². The molecule has 35 heavy (non-hydrogen) atoms. The second-order valence-electron chi connectivity index (χ2n) is 9.26. The highest BCUT2D eigenvalue weighted by atomic mass is 16.5. The lowest BCUT2D eigenvalue weighted by Gasteiger charge is -2.41. The SMILES string of the molecule is COc1ccc(N2C(=O)NC(=O)/C(=C\c3cc4c(cc3C)N(C)C(C)(C)C=C4C)C2=O)c(OC)c1. The zero-order chi connectivity index (χ0) is 25.7. The van der Waals surface area contributed by atoms with Crippen LogP contribution < -0.4 is 24.6 Å². The van der Waals surface area contributed by atoms with Crippen LogP contribution in [0.2, 0.25) is 0 Å². The lowest BCUT2D eigenvalue weighted by atomic mass is 9.87. The molecule has 0 aliphatic carbocycles. The molecule has 0 unspecified atom stereocenters. The number of anilines is 2. The smallest absolute Gasteiger partial charge is 0.336 e. The molecule has 0 bridgehead atoms. The minimum Gasteiger partial charge on any atom is -0.497 e. The quantitative estimate of drug-likeness (QED) is 0.524. The lowest BCUT2D eigenvalue weighted by molar-refractivity contribution is -0.122. The normalized spacial score (nSPS) is 18.3. The van der Waals surface area contributed by atoms with Crippen molar-refractivity contribution in [1.29, 1.82) is 0 Å². The van der Waals surface area contributed by atoms with Crippen LogP contribution in [0.3, 0.4) is 0 Å². The third-order valence-electron chi connectivity index (χ3n) is 6.63. The zero-order valence-corrected chi connectivity index (χ0v) is 21.0. The van der Waals surface area contributed by atoms with Crippen molar-refractivity contribution in [2.45, 2.75) is 33.2 Å². The number of allylic oxidation sites excluding steroid dienone is 1. The van der Waals surface area contributed by atoms with Crippen LogP contribution in [0.25, 0.3) is 11.6 Å². The Morgan fingerprint density at radius 2 is 1.69 bits per heavy atom. The average molecular weight is 476 g/mol. The van der Waals surface area contributed by atoms with Crippen molar-refractivity contribution in [3.8, 4) is 11.5 Å². The largest absolute Gasteiger partial charge is 0.497 e. The highest BCUT2D eigenvalue weighted by Gasteiger charge is 2.38. The van der Waals surface area contributed by atoms with Crippen molar-refractivity contribution >= 4 is 40.9 Å². The van der Waals surface area contributed by atoms with E-state index in [1.807, 2.05) is 20.0 Å². The molecular weight excluding hydrogens is 446 g/mol. The highest BCUT2D eigenvalue weighted by Crippen LogP contribution is 2.40. The first-order valence-electron chi connectivity index (χ1n) is 11.2. The molecule has 0 radical (unpaired) electrons. The Hall–Kier alpha value is -4.07. The summed E-state index contributed by atoms with van der Waals surface area (Å²) in [5.74, 6) is -0.710. The van der Waals surface area contributed by atoms with E-state index in [2.05, 4.69) is 43.1 Å². The molecule has 0 saturated carbocycles. The highest BCUT2D eigenvalue weighted by molar-refractivity contribution is 6.39. The first-order valence-corrected chi connectivity index (χ1v) is 11.2. The molecule has 4 rings (SSSR count). The lowest BCUT2D eigenvalue weighted by Crippen LogP contribution is -2.54. The third-order valence-corrected chi connectivity index (χ3v) is 6.63. The summed E-state index contributed by atoms with van der Waals surface area (Å²) in [6, 6.07) is 7.91. The molecule has 2 heterocycles. The van der Waals surface area contributed by atoms with Gasteiger partial charge in [-0.1, -0.05) is 6.08 Å². The van der Waals surface area contributed by atoms with Gasteiger partial charge in [-0.3, -0.25) is 14.9 Å². The summed E-state index contributed by atoms with van der Waals surface area (Å²) in [5.41, 5.74) is 4.77. The van der Waals surface area contributed by atoms with E-state index in [9.17, 15) is 14.4 Å². The molecule has 0 atom stereocenters. The molecule has 2 aromatic rings. The van der Waals surface area contributed by atoms with Crippen molar-refractivity contribution in [3.05, 3.63) is 58.7 Å². The summed E-state index contributed by atoms with van der Waals surface area (Å²) >= 11 is 0. The number of ether oxygens (including phenoxy) is 2. The first kappa shape index (κ1) is 24.1. The predicted molar refractivity (Wildman–Crippen MR) is 136 cm³/mol.